The summed E-state index contributed by atoms with van der Waals surface area (Å²) in [5.41, 5.74) is 1.96. The number of carbonyl (C=O) groups is 1. The van der Waals surface area contributed by atoms with Crippen LogP contribution >= 0.6 is 0 Å². The second kappa shape index (κ2) is 7.33. The van der Waals surface area contributed by atoms with Crippen molar-refractivity contribution >= 4 is 11.9 Å². The second-order valence-electron chi connectivity index (χ2n) is 6.95. The van der Waals surface area contributed by atoms with Crippen LogP contribution in [0.4, 0.5) is 0 Å². The molecule has 1 spiro atoms. The van der Waals surface area contributed by atoms with Crippen molar-refractivity contribution in [2.75, 3.05) is 34.4 Å². The summed E-state index contributed by atoms with van der Waals surface area (Å²) in [5.74, 6) is 1.06. The first-order valence-electron chi connectivity index (χ1n) is 8.82. The van der Waals surface area contributed by atoms with Crippen molar-refractivity contribution in [1.82, 2.24) is 10.2 Å². The topological polar surface area (TPSA) is 63.2 Å². The van der Waals surface area contributed by atoms with Gasteiger partial charge >= 0.3 is 5.97 Å². The van der Waals surface area contributed by atoms with Crippen molar-refractivity contribution in [3.05, 3.63) is 29.3 Å². The SMILES string of the molecule is CN=C(NCc1ccc(OC)c(C(=O)OC)c1)N1CCC2(CCC2)C1. The fourth-order valence-electron chi connectivity index (χ4n) is 3.85. The molecule has 2 fully saturated rings. The lowest BCUT2D eigenvalue weighted by molar-refractivity contribution is 0.0597. The second-order valence-corrected chi connectivity index (χ2v) is 6.95. The van der Waals surface area contributed by atoms with E-state index >= 15 is 0 Å². The van der Waals surface area contributed by atoms with Crippen LogP contribution < -0.4 is 10.1 Å². The molecule has 3 rings (SSSR count). The Morgan fingerprint density at radius 1 is 1.32 bits per heavy atom. The number of carbonyl (C=O) groups excluding carboxylic acids is 1. The van der Waals surface area contributed by atoms with E-state index in [2.05, 4.69) is 15.2 Å². The Bertz CT molecular complexity index is 668. The fourth-order valence-corrected chi connectivity index (χ4v) is 3.85. The van der Waals surface area contributed by atoms with Gasteiger partial charge < -0.3 is 19.7 Å². The summed E-state index contributed by atoms with van der Waals surface area (Å²) < 4.78 is 10.1. The quantitative estimate of drug-likeness (QED) is 0.516. The number of ether oxygens (including phenoxy) is 2. The van der Waals surface area contributed by atoms with Gasteiger partial charge in [-0.3, -0.25) is 4.99 Å². The van der Waals surface area contributed by atoms with Gasteiger partial charge in [0.2, 0.25) is 0 Å². The van der Waals surface area contributed by atoms with Gasteiger partial charge in [0.15, 0.2) is 5.96 Å². The number of nitrogens with one attached hydrogen (secondary N) is 1. The summed E-state index contributed by atoms with van der Waals surface area (Å²) >= 11 is 0. The summed E-state index contributed by atoms with van der Waals surface area (Å²) in [7, 11) is 4.74. The molecule has 1 aliphatic carbocycles. The van der Waals surface area contributed by atoms with Gasteiger partial charge in [-0.1, -0.05) is 12.5 Å². The Kier molecular flexibility index (Phi) is 5.16. The van der Waals surface area contributed by atoms with Crippen LogP contribution in [0.15, 0.2) is 23.2 Å². The number of benzene rings is 1. The molecule has 6 nitrogen and oxygen atoms in total. The standard InChI is InChI=1S/C19H27N3O3/c1-20-18(22-10-9-19(13-22)7-4-8-19)21-12-14-5-6-16(24-2)15(11-14)17(23)25-3/h5-6,11H,4,7-10,12-13H2,1-3H3,(H,20,21). The Hall–Kier alpha value is -2.24. The Morgan fingerprint density at radius 2 is 2.12 bits per heavy atom. The number of esters is 1. The average molecular weight is 345 g/mol. The molecule has 0 atom stereocenters. The van der Waals surface area contributed by atoms with Gasteiger partial charge in [0.1, 0.15) is 11.3 Å². The van der Waals surface area contributed by atoms with E-state index in [1.165, 1.54) is 32.8 Å². The molecule has 0 bridgehead atoms. The third kappa shape index (κ3) is 3.57. The van der Waals surface area contributed by atoms with Crippen LogP contribution in [-0.2, 0) is 11.3 Å². The van der Waals surface area contributed by atoms with Crippen molar-refractivity contribution in [3.63, 3.8) is 0 Å². The molecule has 25 heavy (non-hydrogen) atoms. The zero-order valence-electron chi connectivity index (χ0n) is 15.3. The van der Waals surface area contributed by atoms with E-state index in [-0.39, 0.29) is 0 Å². The maximum atomic E-state index is 11.9. The molecule has 2 aliphatic rings. The molecule has 1 heterocycles. The van der Waals surface area contributed by atoms with E-state index in [1.54, 1.807) is 13.2 Å². The largest absolute Gasteiger partial charge is 0.496 e. The fraction of sp³-hybridized carbons (Fsp3) is 0.579. The zero-order valence-corrected chi connectivity index (χ0v) is 15.3. The molecule has 0 amide bonds. The average Bonchev–Trinajstić information content (AvgIpc) is 3.07. The first-order valence-corrected chi connectivity index (χ1v) is 8.82. The minimum Gasteiger partial charge on any atom is -0.496 e. The van der Waals surface area contributed by atoms with E-state index in [0.29, 0.717) is 23.3 Å². The van der Waals surface area contributed by atoms with Crippen LogP contribution in [-0.4, -0.2) is 51.2 Å². The molecular formula is C19H27N3O3. The van der Waals surface area contributed by atoms with E-state index < -0.39 is 5.97 Å². The molecule has 1 aromatic carbocycles. The van der Waals surface area contributed by atoms with Crippen LogP contribution in [0.5, 0.6) is 5.75 Å². The van der Waals surface area contributed by atoms with Crippen LogP contribution in [0.25, 0.3) is 0 Å². The number of hydrogen-bond acceptors (Lipinski definition) is 4. The number of hydrogen-bond donors (Lipinski definition) is 1. The summed E-state index contributed by atoms with van der Waals surface area (Å²) in [6, 6.07) is 5.55. The number of aliphatic imine (C=N–C) groups is 1. The predicted molar refractivity (Wildman–Crippen MR) is 97.0 cm³/mol. The number of guanidine groups is 1. The number of rotatable bonds is 4. The smallest absolute Gasteiger partial charge is 0.341 e. The Labute approximate surface area is 149 Å². The minimum absolute atomic E-state index is 0.394. The van der Waals surface area contributed by atoms with Crippen molar-refractivity contribution in [2.45, 2.75) is 32.2 Å². The molecule has 6 heteroatoms. The highest BCUT2D eigenvalue weighted by Crippen LogP contribution is 2.47. The van der Waals surface area contributed by atoms with E-state index in [1.807, 2.05) is 19.2 Å². The van der Waals surface area contributed by atoms with Gasteiger partial charge in [-0.25, -0.2) is 4.79 Å². The first kappa shape index (κ1) is 17.6. The normalized spacial score (nSPS) is 18.8. The molecule has 1 saturated heterocycles. The predicted octanol–water partition coefficient (Wildman–Crippen LogP) is 2.43. The van der Waals surface area contributed by atoms with Crippen molar-refractivity contribution < 1.29 is 14.3 Å². The maximum Gasteiger partial charge on any atom is 0.341 e. The highest BCUT2D eigenvalue weighted by atomic mass is 16.5. The lowest BCUT2D eigenvalue weighted by atomic mass is 9.68. The number of methoxy groups -OCH3 is 2. The molecule has 1 saturated carbocycles. The monoisotopic (exact) mass is 345 g/mol. The molecule has 0 radical (unpaired) electrons. The van der Waals surface area contributed by atoms with E-state index in [4.69, 9.17) is 9.47 Å². The van der Waals surface area contributed by atoms with Crippen LogP contribution in [0, 0.1) is 5.41 Å². The molecular weight excluding hydrogens is 318 g/mol. The van der Waals surface area contributed by atoms with Crippen molar-refractivity contribution in [2.24, 2.45) is 10.4 Å². The first-order chi connectivity index (χ1) is 12.1. The Balaban J connectivity index is 1.65. The van der Waals surface area contributed by atoms with Gasteiger partial charge in [-0.05, 0) is 42.4 Å². The highest BCUT2D eigenvalue weighted by molar-refractivity contribution is 5.92. The van der Waals surface area contributed by atoms with E-state index in [9.17, 15) is 4.79 Å². The molecule has 1 N–H and O–H groups in total. The van der Waals surface area contributed by atoms with Crippen LogP contribution in [0.3, 0.4) is 0 Å². The highest BCUT2D eigenvalue weighted by Gasteiger charge is 2.43. The Morgan fingerprint density at radius 3 is 2.68 bits per heavy atom. The number of likely N-dealkylation sites (tertiary alicyclic amines) is 1. The summed E-state index contributed by atoms with van der Waals surface area (Å²) in [6.07, 6.45) is 5.33. The lowest BCUT2D eigenvalue weighted by Crippen LogP contribution is -2.42. The van der Waals surface area contributed by atoms with Crippen molar-refractivity contribution in [1.29, 1.82) is 0 Å². The molecule has 136 valence electrons. The molecule has 1 aliphatic heterocycles. The van der Waals surface area contributed by atoms with Crippen LogP contribution in [0.2, 0.25) is 0 Å². The molecule has 1 aromatic rings. The minimum atomic E-state index is -0.394. The maximum absolute atomic E-state index is 11.9. The number of nitrogens with zero attached hydrogens (tertiary/aromatic N) is 2. The van der Waals surface area contributed by atoms with Gasteiger partial charge in [0, 0.05) is 26.7 Å². The van der Waals surface area contributed by atoms with Crippen LogP contribution in [0.1, 0.15) is 41.6 Å². The van der Waals surface area contributed by atoms with Gasteiger partial charge in [0.05, 0.1) is 14.2 Å². The molecule has 0 unspecified atom stereocenters. The van der Waals surface area contributed by atoms with Gasteiger partial charge in [0.25, 0.3) is 0 Å². The lowest BCUT2D eigenvalue weighted by Gasteiger charge is -2.38. The third-order valence-corrected chi connectivity index (χ3v) is 5.48. The summed E-state index contributed by atoms with van der Waals surface area (Å²) in [4.78, 5) is 18.7. The van der Waals surface area contributed by atoms with E-state index in [0.717, 1.165) is 24.6 Å². The third-order valence-electron chi connectivity index (χ3n) is 5.48. The zero-order chi connectivity index (χ0) is 17.9. The summed E-state index contributed by atoms with van der Waals surface area (Å²) in [6.45, 7) is 2.77. The molecule has 0 aromatic heterocycles. The van der Waals surface area contributed by atoms with Gasteiger partial charge in [-0.2, -0.15) is 0 Å². The summed E-state index contributed by atoms with van der Waals surface area (Å²) in [5, 5.41) is 3.42. The van der Waals surface area contributed by atoms with Crippen molar-refractivity contribution in [3.8, 4) is 5.75 Å². The van der Waals surface area contributed by atoms with Gasteiger partial charge in [-0.15, -0.1) is 0 Å².